The van der Waals surface area contributed by atoms with Gasteiger partial charge in [-0.3, -0.25) is 9.59 Å². The summed E-state index contributed by atoms with van der Waals surface area (Å²) in [6.45, 7) is -0.200. The minimum absolute atomic E-state index is 0.0418. The van der Waals surface area contributed by atoms with Crippen molar-refractivity contribution < 1.29 is 23.5 Å². The summed E-state index contributed by atoms with van der Waals surface area (Å²) in [5, 5.41) is 0. The van der Waals surface area contributed by atoms with Gasteiger partial charge in [-0.1, -0.05) is 66.7 Å². The second-order valence-electron chi connectivity index (χ2n) is 6.99. The van der Waals surface area contributed by atoms with Crippen LogP contribution in [0.3, 0.4) is 0 Å². The highest BCUT2D eigenvalue weighted by Crippen LogP contribution is 2.30. The molecule has 5 rings (SSSR count). The molecular weight excluding hydrogens is 394 g/mol. The highest BCUT2D eigenvalue weighted by atomic mass is 16.5. The molecule has 4 aromatic rings. The van der Waals surface area contributed by atoms with E-state index in [1.165, 1.54) is 6.07 Å². The SMILES string of the molecule is O=C(OCc1ncc(-c2ccccc2)o1)c1cccc2c1C(=O)c1ccccc1C2=O. The van der Waals surface area contributed by atoms with Gasteiger partial charge in [0.15, 0.2) is 23.9 Å². The Hall–Kier alpha value is -4.32. The van der Waals surface area contributed by atoms with Gasteiger partial charge in [-0.05, 0) is 6.07 Å². The lowest BCUT2D eigenvalue weighted by molar-refractivity contribution is 0.0436. The molecular formula is C25H15NO5. The van der Waals surface area contributed by atoms with Gasteiger partial charge in [-0.25, -0.2) is 9.78 Å². The van der Waals surface area contributed by atoms with E-state index >= 15 is 0 Å². The summed E-state index contributed by atoms with van der Waals surface area (Å²) in [6, 6.07) is 20.6. The van der Waals surface area contributed by atoms with Crippen molar-refractivity contribution >= 4 is 17.5 Å². The highest BCUT2D eigenvalue weighted by Gasteiger charge is 2.33. The van der Waals surface area contributed by atoms with E-state index in [1.807, 2.05) is 30.3 Å². The molecule has 0 atom stereocenters. The fourth-order valence-corrected chi connectivity index (χ4v) is 3.63. The number of aromatic nitrogens is 1. The van der Waals surface area contributed by atoms with Gasteiger partial charge in [0.25, 0.3) is 0 Å². The average molecular weight is 409 g/mol. The number of carbonyl (C=O) groups excluding carboxylic acids is 3. The second kappa shape index (κ2) is 7.50. The van der Waals surface area contributed by atoms with Gasteiger partial charge in [0.05, 0.1) is 11.8 Å². The number of rotatable bonds is 4. The third-order valence-corrected chi connectivity index (χ3v) is 5.11. The predicted molar refractivity (Wildman–Crippen MR) is 111 cm³/mol. The summed E-state index contributed by atoms with van der Waals surface area (Å²) in [5.74, 6) is -0.608. The summed E-state index contributed by atoms with van der Waals surface area (Å²) in [7, 11) is 0. The Morgan fingerprint density at radius 2 is 1.48 bits per heavy atom. The summed E-state index contributed by atoms with van der Waals surface area (Å²) < 4.78 is 11.0. The monoisotopic (exact) mass is 409 g/mol. The first-order valence-electron chi connectivity index (χ1n) is 9.62. The number of ether oxygens (including phenoxy) is 1. The van der Waals surface area contributed by atoms with Crippen molar-refractivity contribution in [1.82, 2.24) is 4.98 Å². The van der Waals surface area contributed by atoms with Gasteiger partial charge < -0.3 is 9.15 Å². The molecule has 0 spiro atoms. The number of fused-ring (bicyclic) bond motifs is 2. The zero-order valence-corrected chi connectivity index (χ0v) is 16.2. The van der Waals surface area contributed by atoms with E-state index in [0.717, 1.165) is 5.56 Å². The molecule has 0 aliphatic heterocycles. The van der Waals surface area contributed by atoms with E-state index in [2.05, 4.69) is 4.98 Å². The van der Waals surface area contributed by atoms with Crippen LogP contribution < -0.4 is 0 Å². The molecule has 6 nitrogen and oxygen atoms in total. The van der Waals surface area contributed by atoms with E-state index < -0.39 is 5.97 Å². The van der Waals surface area contributed by atoms with Crippen LogP contribution in [0.5, 0.6) is 0 Å². The Morgan fingerprint density at radius 1 is 0.806 bits per heavy atom. The minimum Gasteiger partial charge on any atom is -0.452 e. The van der Waals surface area contributed by atoms with Crippen LogP contribution in [0.4, 0.5) is 0 Å². The fraction of sp³-hybridized carbons (Fsp3) is 0.0400. The van der Waals surface area contributed by atoms with E-state index in [9.17, 15) is 14.4 Å². The number of nitrogens with zero attached hydrogens (tertiary/aromatic N) is 1. The van der Waals surface area contributed by atoms with Crippen LogP contribution in [0.25, 0.3) is 11.3 Å². The standard InChI is InChI=1S/C25H15NO5/c27-23-16-9-4-5-10-17(16)24(28)22-18(23)11-6-12-19(22)25(29)30-14-21-26-13-20(31-21)15-7-2-1-3-8-15/h1-13H,14H2. The lowest BCUT2D eigenvalue weighted by Gasteiger charge is -2.19. The molecule has 1 heterocycles. The van der Waals surface area contributed by atoms with E-state index in [0.29, 0.717) is 11.3 Å². The largest absolute Gasteiger partial charge is 0.452 e. The van der Waals surface area contributed by atoms with E-state index in [1.54, 1.807) is 42.6 Å². The number of hydrogen-bond donors (Lipinski definition) is 0. The van der Waals surface area contributed by atoms with Gasteiger partial charge in [-0.15, -0.1) is 0 Å². The average Bonchev–Trinajstić information content (AvgIpc) is 3.30. The molecule has 0 bridgehead atoms. The Labute approximate surface area is 177 Å². The van der Waals surface area contributed by atoms with Gasteiger partial charge in [-0.2, -0.15) is 0 Å². The Bertz CT molecular complexity index is 1340. The molecule has 0 saturated heterocycles. The molecule has 1 aromatic heterocycles. The Kier molecular flexibility index (Phi) is 4.52. The first kappa shape index (κ1) is 18.7. The van der Waals surface area contributed by atoms with Crippen molar-refractivity contribution in [1.29, 1.82) is 0 Å². The molecule has 0 saturated carbocycles. The first-order chi connectivity index (χ1) is 15.1. The second-order valence-corrected chi connectivity index (χ2v) is 6.99. The number of benzene rings is 3. The topological polar surface area (TPSA) is 86.5 Å². The molecule has 0 unspecified atom stereocenters. The smallest absolute Gasteiger partial charge is 0.339 e. The third kappa shape index (κ3) is 3.24. The molecule has 150 valence electrons. The Morgan fingerprint density at radius 3 is 2.26 bits per heavy atom. The maximum atomic E-state index is 13.0. The quantitative estimate of drug-likeness (QED) is 0.407. The summed E-state index contributed by atoms with van der Waals surface area (Å²) >= 11 is 0. The molecule has 0 N–H and O–H groups in total. The maximum absolute atomic E-state index is 13.0. The Balaban J connectivity index is 1.40. The molecule has 31 heavy (non-hydrogen) atoms. The van der Waals surface area contributed by atoms with Crippen LogP contribution in [0.1, 0.15) is 48.1 Å². The number of carbonyl (C=O) groups is 3. The van der Waals surface area contributed by atoms with Crippen molar-refractivity contribution in [2.75, 3.05) is 0 Å². The summed E-state index contributed by atoms with van der Waals surface area (Å²) in [6.07, 6.45) is 1.56. The number of esters is 1. The molecule has 1 aliphatic rings. The summed E-state index contributed by atoms with van der Waals surface area (Å²) in [5.41, 5.74) is 1.76. The van der Waals surface area contributed by atoms with Crippen LogP contribution in [-0.2, 0) is 11.3 Å². The maximum Gasteiger partial charge on any atom is 0.339 e. The van der Waals surface area contributed by atoms with Crippen LogP contribution in [0.15, 0.2) is 83.4 Å². The minimum atomic E-state index is -0.725. The van der Waals surface area contributed by atoms with Gasteiger partial charge in [0.2, 0.25) is 5.89 Å². The lowest BCUT2D eigenvalue weighted by atomic mass is 9.82. The predicted octanol–water partition coefficient (Wildman–Crippen LogP) is 4.47. The molecule has 1 aliphatic carbocycles. The van der Waals surface area contributed by atoms with Crippen LogP contribution in [0.2, 0.25) is 0 Å². The number of ketones is 2. The molecule has 3 aromatic carbocycles. The van der Waals surface area contributed by atoms with Gasteiger partial charge in [0, 0.05) is 27.8 Å². The molecule has 0 fully saturated rings. The van der Waals surface area contributed by atoms with E-state index in [-0.39, 0.29) is 46.3 Å². The first-order valence-corrected chi connectivity index (χ1v) is 9.62. The highest BCUT2D eigenvalue weighted by molar-refractivity contribution is 6.30. The van der Waals surface area contributed by atoms with Crippen molar-refractivity contribution in [2.45, 2.75) is 6.61 Å². The van der Waals surface area contributed by atoms with Gasteiger partial charge in [0.1, 0.15) is 0 Å². The van der Waals surface area contributed by atoms with Crippen molar-refractivity contribution in [3.63, 3.8) is 0 Å². The van der Waals surface area contributed by atoms with Crippen molar-refractivity contribution in [3.05, 3.63) is 113 Å². The molecule has 6 heteroatoms. The molecule has 0 radical (unpaired) electrons. The molecule has 0 amide bonds. The zero-order valence-electron chi connectivity index (χ0n) is 16.2. The van der Waals surface area contributed by atoms with Crippen LogP contribution >= 0.6 is 0 Å². The van der Waals surface area contributed by atoms with E-state index in [4.69, 9.17) is 9.15 Å². The zero-order chi connectivity index (χ0) is 21.4. The fourth-order valence-electron chi connectivity index (χ4n) is 3.63. The number of hydrogen-bond acceptors (Lipinski definition) is 6. The van der Waals surface area contributed by atoms with Crippen molar-refractivity contribution in [2.24, 2.45) is 0 Å². The lowest BCUT2D eigenvalue weighted by Crippen LogP contribution is -2.24. The number of oxazole rings is 1. The third-order valence-electron chi connectivity index (χ3n) is 5.11. The van der Waals surface area contributed by atoms with Crippen molar-refractivity contribution in [3.8, 4) is 11.3 Å². The normalized spacial score (nSPS) is 12.3. The van der Waals surface area contributed by atoms with Crippen LogP contribution in [0, 0.1) is 0 Å². The summed E-state index contributed by atoms with van der Waals surface area (Å²) in [4.78, 5) is 42.8. The van der Waals surface area contributed by atoms with Gasteiger partial charge >= 0.3 is 5.97 Å². The van der Waals surface area contributed by atoms with Crippen LogP contribution in [-0.4, -0.2) is 22.5 Å².